The Morgan fingerprint density at radius 1 is 1.14 bits per heavy atom. The Balaban J connectivity index is 1.29. The van der Waals surface area contributed by atoms with E-state index >= 15 is 0 Å². The molecule has 11 nitrogen and oxygen atoms in total. The Morgan fingerprint density at radius 3 is 2.77 bits per heavy atom. The third kappa shape index (κ3) is 4.43. The lowest BCUT2D eigenvalue weighted by molar-refractivity contribution is 0.0936. The predicted octanol–water partition coefficient (Wildman–Crippen LogP) is 4.98. The lowest BCUT2D eigenvalue weighted by Crippen LogP contribution is -2.27. The molecule has 2 aromatic carbocycles. The van der Waals surface area contributed by atoms with Gasteiger partial charge in [0.25, 0.3) is 5.91 Å². The quantitative estimate of drug-likeness (QED) is 0.224. The first-order valence-corrected chi connectivity index (χ1v) is 13.9. The number of fused-ring (bicyclic) bond motifs is 2. The maximum absolute atomic E-state index is 14.4. The molecule has 1 amide bonds. The van der Waals surface area contributed by atoms with Gasteiger partial charge in [-0.1, -0.05) is 17.7 Å². The van der Waals surface area contributed by atoms with Crippen LogP contribution < -0.4 is 11.1 Å². The van der Waals surface area contributed by atoms with Gasteiger partial charge in [-0.25, -0.2) is 24.0 Å². The molecular weight excluding hydrogens is 587 g/mol. The molecule has 1 aliphatic rings. The molecule has 0 aliphatic heterocycles. The number of nitrogens with one attached hydrogen (secondary N) is 1. The van der Waals surface area contributed by atoms with Gasteiger partial charge in [-0.05, 0) is 72.5 Å². The van der Waals surface area contributed by atoms with Crippen molar-refractivity contribution in [3.05, 3.63) is 106 Å². The van der Waals surface area contributed by atoms with Crippen LogP contribution in [0.15, 0.2) is 73.2 Å². The van der Waals surface area contributed by atoms with Gasteiger partial charge in [0.1, 0.15) is 11.3 Å². The molecule has 7 rings (SSSR count). The Morgan fingerprint density at radius 2 is 2.00 bits per heavy atom. The molecule has 0 saturated heterocycles. The van der Waals surface area contributed by atoms with Crippen molar-refractivity contribution in [2.75, 3.05) is 5.73 Å². The largest absolute Gasteiger partial charge is 0.504 e. The number of aldehydes is 1. The number of pyridine rings is 2. The topological polar surface area (TPSA) is 154 Å². The summed E-state index contributed by atoms with van der Waals surface area (Å²) in [7, 11) is 0. The third-order valence-corrected chi connectivity index (χ3v) is 8.03. The number of phenolic OH excluding ortho intramolecular Hbond substituents is 1. The number of aryl methyl sites for hydroxylation is 1. The number of carbonyl (C=O) groups excluding carboxylic acids is 2. The van der Waals surface area contributed by atoms with E-state index in [9.17, 15) is 19.1 Å². The Hall–Kier alpha value is -5.62. The van der Waals surface area contributed by atoms with Crippen LogP contribution in [0.1, 0.15) is 44.3 Å². The second-order valence-corrected chi connectivity index (χ2v) is 10.6. The number of nitrogens with two attached hydrogens (primary N) is 1. The van der Waals surface area contributed by atoms with Crippen molar-refractivity contribution in [1.29, 1.82) is 0 Å². The van der Waals surface area contributed by atoms with Crippen molar-refractivity contribution in [2.24, 2.45) is 0 Å². The van der Waals surface area contributed by atoms with Crippen LogP contribution in [0.2, 0.25) is 5.02 Å². The standard InChI is InChI=1S/C31H22ClFN8O3/c32-25-21(14-17(15-42)27(43)26(25)33)31(44)38-22-7-4-16-13-18(5-6-19(16)22)41-29(20-3-1-10-35-28(20)34)37-23-8-9-24(39-30(23)41)40-12-2-11-36-40/h1-3,5-6,8-15,22,43H,4,7H2,(H2,34,35)(H,38,44)/t22-/m0/s1. The van der Waals surface area contributed by atoms with Gasteiger partial charge < -0.3 is 16.2 Å². The van der Waals surface area contributed by atoms with Crippen LogP contribution in [0.3, 0.4) is 0 Å². The fourth-order valence-electron chi connectivity index (χ4n) is 5.53. The molecule has 0 radical (unpaired) electrons. The summed E-state index contributed by atoms with van der Waals surface area (Å²) in [6.07, 6.45) is 6.58. The number of benzene rings is 2. The summed E-state index contributed by atoms with van der Waals surface area (Å²) in [5.41, 5.74) is 10.2. The molecule has 0 spiro atoms. The van der Waals surface area contributed by atoms with Crippen molar-refractivity contribution in [2.45, 2.75) is 18.9 Å². The number of aromatic nitrogens is 6. The predicted molar refractivity (Wildman–Crippen MR) is 161 cm³/mol. The fraction of sp³-hybridized carbons (Fsp3) is 0.0968. The lowest BCUT2D eigenvalue weighted by Gasteiger charge is -2.17. The van der Waals surface area contributed by atoms with Crippen LogP contribution in [0.4, 0.5) is 10.2 Å². The van der Waals surface area contributed by atoms with Gasteiger partial charge in [-0.3, -0.25) is 14.2 Å². The smallest absolute Gasteiger partial charge is 0.253 e. The molecule has 0 saturated carbocycles. The second-order valence-electron chi connectivity index (χ2n) is 10.2. The number of hydrogen-bond donors (Lipinski definition) is 3. The minimum absolute atomic E-state index is 0.239. The Bertz CT molecular complexity index is 2110. The first kappa shape index (κ1) is 27.2. The van der Waals surface area contributed by atoms with Gasteiger partial charge in [0.2, 0.25) is 0 Å². The summed E-state index contributed by atoms with van der Waals surface area (Å²) in [4.78, 5) is 38.4. The van der Waals surface area contributed by atoms with Crippen LogP contribution >= 0.6 is 11.6 Å². The maximum atomic E-state index is 14.4. The highest BCUT2D eigenvalue weighted by atomic mass is 35.5. The number of imidazole rings is 1. The molecule has 0 fully saturated rings. The number of halogens is 2. The summed E-state index contributed by atoms with van der Waals surface area (Å²) in [5, 5.41) is 16.4. The van der Waals surface area contributed by atoms with Gasteiger partial charge in [-0.15, -0.1) is 0 Å². The van der Waals surface area contributed by atoms with E-state index < -0.39 is 28.5 Å². The van der Waals surface area contributed by atoms with Crippen molar-refractivity contribution in [3.8, 4) is 28.6 Å². The van der Waals surface area contributed by atoms with E-state index in [1.54, 1.807) is 29.3 Å². The third-order valence-electron chi connectivity index (χ3n) is 7.66. The number of carbonyl (C=O) groups is 2. The molecule has 218 valence electrons. The average molecular weight is 609 g/mol. The number of rotatable bonds is 6. The van der Waals surface area contributed by atoms with E-state index in [0.717, 1.165) is 22.9 Å². The van der Waals surface area contributed by atoms with E-state index in [4.69, 9.17) is 27.3 Å². The fourth-order valence-corrected chi connectivity index (χ4v) is 5.76. The number of anilines is 1. The van der Waals surface area contributed by atoms with E-state index in [1.807, 2.05) is 47.0 Å². The molecule has 0 bridgehead atoms. The van der Waals surface area contributed by atoms with Crippen molar-refractivity contribution >= 4 is 40.8 Å². The Labute approximate surface area is 253 Å². The van der Waals surface area contributed by atoms with Gasteiger partial charge in [0.15, 0.2) is 35.1 Å². The van der Waals surface area contributed by atoms with E-state index in [-0.39, 0.29) is 17.4 Å². The lowest BCUT2D eigenvalue weighted by atomic mass is 10.1. The van der Waals surface area contributed by atoms with Crippen LogP contribution in [0.25, 0.3) is 34.1 Å². The molecule has 4 heterocycles. The van der Waals surface area contributed by atoms with Gasteiger partial charge >= 0.3 is 0 Å². The van der Waals surface area contributed by atoms with Crippen molar-refractivity contribution in [3.63, 3.8) is 0 Å². The van der Waals surface area contributed by atoms with Crippen LogP contribution in [0.5, 0.6) is 5.75 Å². The monoisotopic (exact) mass is 608 g/mol. The normalized spacial score (nSPS) is 14.1. The molecule has 13 heteroatoms. The zero-order chi connectivity index (χ0) is 30.5. The van der Waals surface area contributed by atoms with Crippen LogP contribution in [0, 0.1) is 5.82 Å². The summed E-state index contributed by atoms with van der Waals surface area (Å²) >= 11 is 6.01. The SMILES string of the molecule is Nc1ncccc1-c1nc2ccc(-n3cccn3)nc2n1-c1ccc2c(c1)CC[C@@H]2NC(=O)c1cc(C=O)c(O)c(F)c1Cl. The highest BCUT2D eigenvalue weighted by Crippen LogP contribution is 2.37. The average Bonchev–Trinajstić information content (AvgIpc) is 3.79. The highest BCUT2D eigenvalue weighted by molar-refractivity contribution is 6.34. The Kier molecular flexibility index (Phi) is 6.55. The number of aromatic hydroxyl groups is 1. The number of phenols is 1. The molecule has 0 unspecified atom stereocenters. The first-order chi connectivity index (χ1) is 21.3. The summed E-state index contributed by atoms with van der Waals surface area (Å²) in [5.74, 6) is -1.29. The zero-order valence-corrected chi connectivity index (χ0v) is 23.5. The molecule has 1 atom stereocenters. The van der Waals surface area contributed by atoms with Crippen LogP contribution in [-0.2, 0) is 6.42 Å². The van der Waals surface area contributed by atoms with E-state index in [1.165, 1.54) is 0 Å². The summed E-state index contributed by atoms with van der Waals surface area (Å²) in [6.45, 7) is 0. The minimum Gasteiger partial charge on any atom is -0.504 e. The van der Waals surface area contributed by atoms with Crippen LogP contribution in [-0.4, -0.2) is 46.6 Å². The molecule has 1 aliphatic carbocycles. The molecule has 44 heavy (non-hydrogen) atoms. The molecule has 4 N–H and O–H groups in total. The number of amides is 1. The zero-order valence-electron chi connectivity index (χ0n) is 22.8. The van der Waals surface area contributed by atoms with Crippen molar-refractivity contribution < 1.29 is 19.1 Å². The molecular formula is C31H22ClFN8O3. The second kappa shape index (κ2) is 10.6. The molecule has 4 aromatic heterocycles. The number of hydrogen-bond acceptors (Lipinski definition) is 8. The van der Waals surface area contributed by atoms with Gasteiger partial charge in [0, 0.05) is 24.3 Å². The first-order valence-electron chi connectivity index (χ1n) is 13.5. The number of nitrogens with zero attached hydrogens (tertiary/aromatic N) is 6. The highest BCUT2D eigenvalue weighted by Gasteiger charge is 2.28. The maximum Gasteiger partial charge on any atom is 0.253 e. The van der Waals surface area contributed by atoms with Gasteiger partial charge in [-0.2, -0.15) is 5.10 Å². The van der Waals surface area contributed by atoms with E-state index in [0.29, 0.717) is 47.0 Å². The molecule has 6 aromatic rings. The minimum atomic E-state index is -1.22. The van der Waals surface area contributed by atoms with Gasteiger partial charge in [0.05, 0.1) is 27.8 Å². The summed E-state index contributed by atoms with van der Waals surface area (Å²) in [6, 6.07) is 15.7. The van der Waals surface area contributed by atoms with Crippen molar-refractivity contribution in [1.82, 2.24) is 34.6 Å². The van der Waals surface area contributed by atoms with E-state index in [2.05, 4.69) is 15.4 Å². The number of nitrogen functional groups attached to an aromatic ring is 1. The summed E-state index contributed by atoms with van der Waals surface area (Å²) < 4.78 is 18.0.